The van der Waals surface area contributed by atoms with Crippen LogP contribution in [0.1, 0.15) is 5.56 Å². The molecule has 0 amide bonds. The van der Waals surface area contributed by atoms with Crippen LogP contribution in [-0.4, -0.2) is 17.5 Å². The van der Waals surface area contributed by atoms with Crippen LogP contribution in [-0.2, 0) is 16.8 Å². The van der Waals surface area contributed by atoms with E-state index in [4.69, 9.17) is 22.3 Å². The number of allylic oxidation sites excluding steroid dienone is 1. The lowest BCUT2D eigenvalue weighted by Gasteiger charge is -2.09. The van der Waals surface area contributed by atoms with Crippen molar-refractivity contribution in [2.75, 3.05) is 0 Å². The number of para-hydroxylation sites is 1. The highest BCUT2D eigenvalue weighted by molar-refractivity contribution is 7.79. The fourth-order valence-electron chi connectivity index (χ4n) is 1.08. The van der Waals surface area contributed by atoms with Gasteiger partial charge in [-0.3, -0.25) is 9.11 Å². The third-order valence-corrected chi connectivity index (χ3v) is 1.60. The summed E-state index contributed by atoms with van der Waals surface area (Å²) in [4.78, 5) is 0. The van der Waals surface area contributed by atoms with Crippen molar-refractivity contribution >= 4 is 10.4 Å². The average molecular weight is 230 g/mol. The fraction of sp³-hybridized carbons (Fsp3) is 0.111. The van der Waals surface area contributed by atoms with Crippen molar-refractivity contribution in [3.05, 3.63) is 42.2 Å². The lowest BCUT2D eigenvalue weighted by molar-refractivity contribution is 0.381. The molecule has 0 radical (unpaired) electrons. The molecule has 0 spiro atoms. The normalized spacial score (nSPS) is 13.2. The fourth-order valence-corrected chi connectivity index (χ4v) is 1.08. The summed E-state index contributed by atoms with van der Waals surface area (Å²) in [5, 5.41) is 0. The molecule has 15 heavy (non-hydrogen) atoms. The number of fused-ring (bicyclic) bond motifs is 1. The molecule has 0 bridgehead atoms. The molecule has 0 aliphatic carbocycles. The second kappa shape index (κ2) is 4.92. The summed E-state index contributed by atoms with van der Waals surface area (Å²) in [6.45, 7) is 0. The smallest absolute Gasteiger partial charge is 0.394 e. The van der Waals surface area contributed by atoms with Gasteiger partial charge in [0.25, 0.3) is 0 Å². The Kier molecular flexibility index (Phi) is 3.84. The first-order chi connectivity index (χ1) is 6.97. The van der Waals surface area contributed by atoms with Gasteiger partial charge in [0, 0.05) is 0 Å². The molecule has 2 rings (SSSR count). The van der Waals surface area contributed by atoms with Gasteiger partial charge < -0.3 is 4.74 Å². The summed E-state index contributed by atoms with van der Waals surface area (Å²) in [6.07, 6.45) is 4.75. The van der Waals surface area contributed by atoms with Crippen LogP contribution in [0.5, 0.6) is 5.75 Å². The van der Waals surface area contributed by atoms with Gasteiger partial charge in [-0.2, -0.15) is 8.42 Å². The predicted octanol–water partition coefficient (Wildman–Crippen LogP) is 1.48. The minimum absolute atomic E-state index is 0.991. The van der Waals surface area contributed by atoms with Gasteiger partial charge in [0.1, 0.15) is 5.75 Å². The van der Waals surface area contributed by atoms with Gasteiger partial charge in [-0.25, -0.2) is 0 Å². The van der Waals surface area contributed by atoms with E-state index in [1.54, 1.807) is 6.26 Å². The standard InChI is InChI=1S/C9H8O.H2O4S/c1-2-6-9-8(4-1)5-3-7-10-9;1-5(2,3)4/h1-4,6-7H,5H2;(H2,1,2,3,4). The molecule has 1 aliphatic heterocycles. The minimum Gasteiger partial charge on any atom is -0.465 e. The Morgan fingerprint density at radius 2 is 1.80 bits per heavy atom. The van der Waals surface area contributed by atoms with Crippen molar-refractivity contribution in [2.24, 2.45) is 0 Å². The Morgan fingerprint density at radius 1 is 1.20 bits per heavy atom. The number of ether oxygens (including phenoxy) is 1. The van der Waals surface area contributed by atoms with E-state index >= 15 is 0 Å². The van der Waals surface area contributed by atoms with Crippen molar-refractivity contribution in [1.29, 1.82) is 0 Å². The molecule has 5 nitrogen and oxygen atoms in total. The molecular formula is C9H10O5S. The van der Waals surface area contributed by atoms with Crippen molar-refractivity contribution in [2.45, 2.75) is 6.42 Å². The topological polar surface area (TPSA) is 83.8 Å². The van der Waals surface area contributed by atoms with Crippen molar-refractivity contribution in [1.82, 2.24) is 0 Å². The molecule has 2 N–H and O–H groups in total. The lowest BCUT2D eigenvalue weighted by atomic mass is 10.1. The maximum absolute atomic E-state index is 8.74. The van der Waals surface area contributed by atoms with Crippen molar-refractivity contribution < 1.29 is 22.3 Å². The Hall–Kier alpha value is -1.37. The van der Waals surface area contributed by atoms with Crippen LogP contribution in [0.25, 0.3) is 0 Å². The first kappa shape index (κ1) is 11.7. The van der Waals surface area contributed by atoms with Crippen molar-refractivity contribution in [3.63, 3.8) is 0 Å². The Bertz CT molecular complexity index is 414. The second-order valence-electron chi connectivity index (χ2n) is 2.75. The summed E-state index contributed by atoms with van der Waals surface area (Å²) in [7, 11) is -4.67. The van der Waals surface area contributed by atoms with Crippen LogP contribution in [0.3, 0.4) is 0 Å². The van der Waals surface area contributed by atoms with Gasteiger partial charge in [-0.1, -0.05) is 18.2 Å². The van der Waals surface area contributed by atoms with Gasteiger partial charge >= 0.3 is 10.4 Å². The van der Waals surface area contributed by atoms with E-state index in [9.17, 15) is 0 Å². The monoisotopic (exact) mass is 230 g/mol. The SMILES string of the molecule is C1=COc2ccccc2C1.O=S(=O)(O)O. The van der Waals surface area contributed by atoms with Gasteiger partial charge in [-0.15, -0.1) is 0 Å². The largest absolute Gasteiger partial charge is 0.465 e. The zero-order valence-corrected chi connectivity index (χ0v) is 8.52. The molecule has 1 aromatic carbocycles. The first-order valence-electron chi connectivity index (χ1n) is 4.06. The number of rotatable bonds is 0. The zero-order valence-electron chi connectivity index (χ0n) is 7.70. The molecule has 1 aromatic rings. The lowest BCUT2D eigenvalue weighted by Crippen LogP contribution is -1.94. The Morgan fingerprint density at radius 3 is 2.40 bits per heavy atom. The van der Waals surface area contributed by atoms with Crippen LogP contribution in [0.2, 0.25) is 0 Å². The minimum atomic E-state index is -4.67. The van der Waals surface area contributed by atoms with Crippen LogP contribution in [0.15, 0.2) is 36.6 Å². The number of hydrogen-bond acceptors (Lipinski definition) is 3. The molecule has 0 saturated carbocycles. The highest BCUT2D eigenvalue weighted by Gasteiger charge is 2.02. The van der Waals surface area contributed by atoms with E-state index in [1.807, 2.05) is 24.3 Å². The number of benzene rings is 1. The third-order valence-electron chi connectivity index (χ3n) is 1.60. The molecule has 0 saturated heterocycles. The predicted molar refractivity (Wildman–Crippen MR) is 54.1 cm³/mol. The molecule has 0 aromatic heterocycles. The Balaban J connectivity index is 0.000000195. The molecule has 1 aliphatic rings. The first-order valence-corrected chi connectivity index (χ1v) is 5.46. The maximum Gasteiger partial charge on any atom is 0.394 e. The van der Waals surface area contributed by atoms with E-state index in [0.29, 0.717) is 0 Å². The van der Waals surface area contributed by atoms with Crippen LogP contribution < -0.4 is 4.74 Å². The molecular weight excluding hydrogens is 220 g/mol. The quantitative estimate of drug-likeness (QED) is 0.659. The van der Waals surface area contributed by atoms with E-state index in [-0.39, 0.29) is 0 Å². The average Bonchev–Trinajstić information content (AvgIpc) is 2.16. The summed E-state index contributed by atoms with van der Waals surface area (Å²) in [5.41, 5.74) is 1.27. The highest BCUT2D eigenvalue weighted by Crippen LogP contribution is 2.21. The van der Waals surface area contributed by atoms with E-state index in [1.165, 1.54) is 5.56 Å². The summed E-state index contributed by atoms with van der Waals surface area (Å²) >= 11 is 0. The highest BCUT2D eigenvalue weighted by atomic mass is 32.3. The molecule has 0 unspecified atom stereocenters. The Labute approximate surface area is 87.6 Å². The molecule has 1 heterocycles. The molecule has 82 valence electrons. The van der Waals surface area contributed by atoms with Crippen LogP contribution in [0.4, 0.5) is 0 Å². The molecule has 6 heteroatoms. The van der Waals surface area contributed by atoms with Gasteiger partial charge in [-0.05, 0) is 24.1 Å². The van der Waals surface area contributed by atoms with Crippen LogP contribution >= 0.6 is 0 Å². The summed E-state index contributed by atoms with van der Waals surface area (Å²) in [5.74, 6) is 0.991. The second-order valence-corrected chi connectivity index (χ2v) is 3.64. The summed E-state index contributed by atoms with van der Waals surface area (Å²) in [6, 6.07) is 8.08. The maximum atomic E-state index is 8.74. The van der Waals surface area contributed by atoms with Gasteiger partial charge in [0.2, 0.25) is 0 Å². The zero-order chi connectivity index (χ0) is 11.3. The van der Waals surface area contributed by atoms with Crippen LogP contribution in [0, 0.1) is 0 Å². The van der Waals surface area contributed by atoms with E-state index < -0.39 is 10.4 Å². The summed E-state index contributed by atoms with van der Waals surface area (Å²) < 4.78 is 36.8. The van der Waals surface area contributed by atoms with E-state index in [0.717, 1.165) is 12.2 Å². The molecule has 0 atom stereocenters. The number of hydrogen-bond donors (Lipinski definition) is 2. The van der Waals surface area contributed by atoms with Crippen molar-refractivity contribution in [3.8, 4) is 5.75 Å². The third kappa shape index (κ3) is 5.16. The van der Waals surface area contributed by atoms with E-state index in [2.05, 4.69) is 6.07 Å². The van der Waals surface area contributed by atoms with Gasteiger partial charge in [0.05, 0.1) is 6.26 Å². The molecule has 0 fully saturated rings. The van der Waals surface area contributed by atoms with Gasteiger partial charge in [0.15, 0.2) is 0 Å².